The molecule has 0 saturated carbocycles. The monoisotopic (exact) mass is 794 g/mol. The summed E-state index contributed by atoms with van der Waals surface area (Å²) in [5.74, 6) is -2.85. The Bertz CT molecular complexity index is 2530. The molecule has 0 radical (unpaired) electrons. The van der Waals surface area contributed by atoms with Crippen LogP contribution in [-0.4, -0.2) is 55.0 Å². The molecule has 3 aliphatic rings. The van der Waals surface area contributed by atoms with Crippen LogP contribution >= 0.6 is 0 Å². The molecule has 6 aromatic carbocycles. The first kappa shape index (κ1) is 44.6. The highest BCUT2D eigenvalue weighted by Gasteiger charge is 2.49. The van der Waals surface area contributed by atoms with Crippen LogP contribution in [0, 0.1) is 7.43 Å². The smallest absolute Gasteiger partial charge is 0.305 e. The molecule has 11 heteroatoms. The molecule has 0 fully saturated rings. The Balaban J connectivity index is 0.000000268. The van der Waals surface area contributed by atoms with E-state index in [1.165, 1.54) is 6.07 Å². The van der Waals surface area contributed by atoms with Gasteiger partial charge < -0.3 is 36.6 Å². The minimum atomic E-state index is -1.32. The summed E-state index contributed by atoms with van der Waals surface area (Å²) in [4.78, 5) is 52.3. The summed E-state index contributed by atoms with van der Waals surface area (Å²) in [5.41, 5.74) is 2.88. The number of carbonyl (C=O) groups is 4. The molecule has 2 N–H and O–H groups in total. The third-order valence-electron chi connectivity index (χ3n) is 9.60. The molecule has 0 bridgehead atoms. The van der Waals surface area contributed by atoms with Gasteiger partial charge in [-0.1, -0.05) is 132 Å². The molecule has 1 heterocycles. The first-order valence-corrected chi connectivity index (χ1v) is 17.6. The second-order valence-electron chi connectivity index (χ2n) is 12.8. The van der Waals surface area contributed by atoms with Gasteiger partial charge in [0.15, 0.2) is 46.1 Å². The minimum absolute atomic E-state index is 0. The van der Waals surface area contributed by atoms with Crippen molar-refractivity contribution in [1.29, 1.82) is 0 Å². The quantitative estimate of drug-likeness (QED) is 0.0963. The van der Waals surface area contributed by atoms with Crippen LogP contribution in [0.4, 0.5) is 0 Å². The second kappa shape index (κ2) is 17.6. The highest BCUT2D eigenvalue weighted by atomic mass is 16.7. The van der Waals surface area contributed by atoms with Crippen molar-refractivity contribution in [2.45, 2.75) is 34.5 Å². The maximum Gasteiger partial charge on any atom is 0.305 e. The van der Waals surface area contributed by atoms with Crippen LogP contribution < -0.4 is 18.9 Å². The molecule has 2 aliphatic carbocycles. The highest BCUT2D eigenvalue weighted by Crippen LogP contribution is 2.54. The first-order valence-electron chi connectivity index (χ1n) is 17.6. The van der Waals surface area contributed by atoms with E-state index in [1.807, 2.05) is 67.6 Å². The molecule has 10 nitrogen and oxygen atoms in total. The number of phenols is 2. The van der Waals surface area contributed by atoms with Gasteiger partial charge >= 0.3 is 5.79 Å². The van der Waals surface area contributed by atoms with Crippen LogP contribution in [0.3, 0.4) is 0 Å². The van der Waals surface area contributed by atoms with E-state index >= 15 is 0 Å². The zero-order chi connectivity index (χ0) is 38.4. The summed E-state index contributed by atoms with van der Waals surface area (Å²) < 4.78 is 24.3. The largest absolute Gasteiger partial charge is 0.504 e. The predicted molar refractivity (Wildman–Crippen MR) is 231 cm³/mol. The van der Waals surface area contributed by atoms with Gasteiger partial charge in [-0.2, -0.15) is 0 Å². The van der Waals surface area contributed by atoms with Crippen molar-refractivity contribution in [2.75, 3.05) is 13.2 Å². The maximum atomic E-state index is 13.7. The number of ketones is 4. The van der Waals surface area contributed by atoms with Gasteiger partial charge in [0.05, 0.1) is 35.5 Å². The fourth-order valence-corrected chi connectivity index (χ4v) is 7.19. The van der Waals surface area contributed by atoms with E-state index in [1.54, 1.807) is 55.5 Å². The number of carbonyl (C=O) groups excluding carboxylic acids is 4. The second-order valence-corrected chi connectivity index (χ2v) is 12.8. The van der Waals surface area contributed by atoms with E-state index < -0.39 is 28.9 Å². The summed E-state index contributed by atoms with van der Waals surface area (Å²) in [6, 6.07) is 35.1. The highest BCUT2D eigenvalue weighted by molar-refractivity contribution is 6.31. The van der Waals surface area contributed by atoms with Crippen LogP contribution in [-0.2, 0) is 5.79 Å². The molecule has 1 aliphatic heterocycles. The van der Waals surface area contributed by atoms with Crippen molar-refractivity contribution in [3.8, 4) is 34.5 Å². The fourth-order valence-electron chi connectivity index (χ4n) is 7.19. The van der Waals surface area contributed by atoms with Gasteiger partial charge in [0, 0.05) is 45.5 Å². The Kier molecular flexibility index (Phi) is 13.3. The molecule has 59 heavy (non-hydrogen) atoms. The van der Waals surface area contributed by atoms with Crippen LogP contribution in [0.5, 0.6) is 34.5 Å². The Morgan fingerprint density at radius 1 is 0.525 bits per heavy atom. The molecule has 0 atom stereocenters. The van der Waals surface area contributed by atoms with Crippen molar-refractivity contribution in [1.82, 2.24) is 0 Å². The fraction of sp³-hybridized carbons (Fsp3) is 0.146. The van der Waals surface area contributed by atoms with Gasteiger partial charge in [0.25, 0.3) is 0 Å². The van der Waals surface area contributed by atoms with E-state index in [9.17, 15) is 29.4 Å². The Morgan fingerprint density at radius 2 is 0.898 bits per heavy atom. The molecule has 0 saturated heterocycles. The number of ether oxygens (including phenoxy) is 4. The zero-order valence-electron chi connectivity index (χ0n) is 30.6. The Labute approximate surface area is 345 Å². The number of benzene rings is 6. The van der Waals surface area contributed by atoms with Crippen LogP contribution in [0.15, 0.2) is 121 Å². The number of phenolic OH excluding ortho intramolecular Hbond substituents is 2. The van der Waals surface area contributed by atoms with Gasteiger partial charge in [0.2, 0.25) is 0 Å². The van der Waals surface area contributed by atoms with E-state index in [2.05, 4.69) is 0 Å². The number of rotatable bonds is 6. The number of hydrogen-bond donors (Lipinski definition) is 2. The lowest BCUT2D eigenvalue weighted by Crippen LogP contribution is -2.37. The Morgan fingerprint density at radius 3 is 1.34 bits per heavy atom. The minimum Gasteiger partial charge on any atom is -0.504 e. The standard InChI is InChI=1S/C29H20O5.C16H12O5.2CH4.CH3.BH4/c1-2-32-22-17-23-28(25-24(22)26(30)20-15-9-10-16-21(20)27(25)31)34-29(33-23,18-11-5-3-6-12-18)19-13-7-4-8-14-19;1-2-21-11-7-10(17)16(20)13-12(11)14(18)8-5-3-4-6-9(8)15(13)19;;;;/h3-17H,2H2,1H3;3-7,17,20H,2H2,1H3;2*1H4;1H3;1H4/q;;;;2*-1. The van der Waals surface area contributed by atoms with E-state index in [-0.39, 0.29) is 93.7 Å². The maximum absolute atomic E-state index is 13.7. The molecule has 0 amide bonds. The van der Waals surface area contributed by atoms with E-state index in [0.29, 0.717) is 29.2 Å². The molecule has 9 rings (SSSR count). The van der Waals surface area contributed by atoms with Gasteiger partial charge in [-0.05, 0) is 13.8 Å². The SMILES string of the molecule is C.C.CCOc1cc(O)c(O)c2c1C(=O)c1ccccc1C2=O.CCOc1cc2c(c3c1C(=O)c1ccccc1C3=O)OC(c1ccccc1)(c1ccccc1)O2.[BH4-].[CH3-]. The van der Waals surface area contributed by atoms with Crippen LogP contribution in [0.2, 0.25) is 0 Å². The number of hydrogen-bond acceptors (Lipinski definition) is 10. The first-order chi connectivity index (χ1) is 26.7. The number of aromatic hydroxyl groups is 2. The van der Waals surface area contributed by atoms with Crippen LogP contribution in [0.25, 0.3) is 0 Å². The summed E-state index contributed by atoms with van der Waals surface area (Å²) in [7, 11) is 0. The van der Waals surface area contributed by atoms with E-state index in [0.717, 1.165) is 17.2 Å². The van der Waals surface area contributed by atoms with Crippen molar-refractivity contribution in [3.63, 3.8) is 0 Å². The third kappa shape index (κ3) is 7.09. The molecular weight excluding hydrogens is 747 g/mol. The van der Waals surface area contributed by atoms with Crippen molar-refractivity contribution < 1.29 is 48.3 Å². The van der Waals surface area contributed by atoms with Gasteiger partial charge in [-0.3, -0.25) is 19.2 Å². The summed E-state index contributed by atoms with van der Waals surface area (Å²) in [6.45, 7) is 4.15. The lowest BCUT2D eigenvalue weighted by molar-refractivity contribution is -0.0461. The van der Waals surface area contributed by atoms with E-state index in [4.69, 9.17) is 18.9 Å². The lowest BCUT2D eigenvalue weighted by Gasteiger charge is -2.28. The predicted octanol–water partition coefficient (Wildman–Crippen LogP) is 8.08. The van der Waals surface area contributed by atoms with Crippen LogP contribution in [0.1, 0.15) is 104 Å². The molecule has 0 spiro atoms. The van der Waals surface area contributed by atoms with Crippen molar-refractivity contribution >= 4 is 31.5 Å². The van der Waals surface area contributed by atoms with Crippen molar-refractivity contribution in [3.05, 3.63) is 184 Å². The lowest BCUT2D eigenvalue weighted by atomic mass is 9.83. The molecule has 0 unspecified atom stereocenters. The Hall–Kier alpha value is -7.14. The summed E-state index contributed by atoms with van der Waals surface area (Å²) in [5, 5.41) is 19.7. The topological polar surface area (TPSA) is 146 Å². The zero-order valence-corrected chi connectivity index (χ0v) is 30.6. The molecular formula is C48H47BO10-2. The average molecular weight is 795 g/mol. The van der Waals surface area contributed by atoms with Crippen molar-refractivity contribution in [2.24, 2.45) is 0 Å². The van der Waals surface area contributed by atoms with Gasteiger partial charge in [0.1, 0.15) is 11.5 Å². The average Bonchev–Trinajstić information content (AvgIpc) is 3.62. The summed E-state index contributed by atoms with van der Waals surface area (Å²) in [6.07, 6.45) is 0. The van der Waals surface area contributed by atoms with Gasteiger partial charge in [-0.25, -0.2) is 0 Å². The number of fused-ring (bicyclic) bond motifs is 6. The molecule has 304 valence electrons. The molecule has 0 aromatic heterocycles. The molecule has 6 aromatic rings. The normalized spacial score (nSPS) is 13.2. The van der Waals surface area contributed by atoms with Gasteiger partial charge in [-0.15, -0.1) is 0 Å². The summed E-state index contributed by atoms with van der Waals surface area (Å²) >= 11 is 0. The third-order valence-corrected chi connectivity index (χ3v) is 9.60.